The molecule has 1 aromatic heterocycles. The molecule has 2 amide bonds. The van der Waals surface area contributed by atoms with Crippen LogP contribution in [-0.2, 0) is 6.42 Å². The van der Waals surface area contributed by atoms with Crippen LogP contribution in [0.2, 0.25) is 5.02 Å². The maximum atomic E-state index is 12.6. The first-order valence-electron chi connectivity index (χ1n) is 11.7. The quantitative estimate of drug-likeness (QED) is 0.552. The van der Waals surface area contributed by atoms with Crippen LogP contribution >= 0.6 is 11.6 Å². The average molecular weight is 478 g/mol. The molecular formula is C27H32ClN5O. The largest absolute Gasteiger partial charge is 0.353 e. The second-order valence-electron chi connectivity index (χ2n) is 9.76. The summed E-state index contributed by atoms with van der Waals surface area (Å²) in [7, 11) is 0. The smallest absolute Gasteiger partial charge is 0.317 e. The zero-order chi connectivity index (χ0) is 24.3. The van der Waals surface area contributed by atoms with Gasteiger partial charge in [0.1, 0.15) is 5.82 Å². The van der Waals surface area contributed by atoms with Gasteiger partial charge < -0.3 is 15.1 Å². The summed E-state index contributed by atoms with van der Waals surface area (Å²) < 4.78 is 0. The van der Waals surface area contributed by atoms with Gasteiger partial charge in [-0.25, -0.2) is 14.8 Å². The summed E-state index contributed by atoms with van der Waals surface area (Å²) in [5.74, 6) is 1.66. The number of carbonyl (C=O) groups excluding carboxylic acids is 1. The highest BCUT2D eigenvalue weighted by Gasteiger charge is 2.27. The van der Waals surface area contributed by atoms with E-state index in [2.05, 4.69) is 17.1 Å². The van der Waals surface area contributed by atoms with E-state index in [0.717, 1.165) is 58.6 Å². The van der Waals surface area contributed by atoms with Crippen LogP contribution in [0.4, 0.5) is 10.6 Å². The number of anilines is 1. The maximum absolute atomic E-state index is 12.6. The molecule has 0 aliphatic carbocycles. The van der Waals surface area contributed by atoms with E-state index in [4.69, 9.17) is 21.6 Å². The molecule has 1 fully saturated rings. The predicted octanol–water partition coefficient (Wildman–Crippen LogP) is 5.33. The number of aryl methyl sites for hydroxylation is 1. The van der Waals surface area contributed by atoms with E-state index >= 15 is 0 Å². The Morgan fingerprint density at radius 2 is 1.62 bits per heavy atom. The van der Waals surface area contributed by atoms with Crippen molar-refractivity contribution < 1.29 is 4.79 Å². The molecule has 178 valence electrons. The second kappa shape index (κ2) is 10.0. The number of benzene rings is 2. The molecule has 1 aliphatic heterocycles. The van der Waals surface area contributed by atoms with Crippen molar-refractivity contribution in [3.63, 3.8) is 0 Å². The first-order chi connectivity index (χ1) is 16.2. The van der Waals surface area contributed by atoms with Crippen LogP contribution in [0.5, 0.6) is 0 Å². The first kappa shape index (κ1) is 24.0. The molecular weight excluding hydrogens is 446 g/mol. The molecule has 34 heavy (non-hydrogen) atoms. The maximum Gasteiger partial charge on any atom is 0.317 e. The van der Waals surface area contributed by atoms with E-state index in [1.165, 1.54) is 0 Å². The van der Waals surface area contributed by atoms with Crippen molar-refractivity contribution in [1.82, 2.24) is 20.2 Å². The van der Waals surface area contributed by atoms with Gasteiger partial charge in [0, 0.05) is 60.0 Å². The molecule has 0 saturated carbocycles. The number of carbonyl (C=O) groups is 1. The van der Waals surface area contributed by atoms with Crippen molar-refractivity contribution in [3.8, 4) is 11.4 Å². The number of amides is 2. The predicted molar refractivity (Wildman–Crippen MR) is 139 cm³/mol. The summed E-state index contributed by atoms with van der Waals surface area (Å²) in [5, 5.41) is 3.79. The lowest BCUT2D eigenvalue weighted by Crippen LogP contribution is -2.55. The number of nitrogens with zero attached hydrogens (tertiary/aromatic N) is 4. The minimum Gasteiger partial charge on any atom is -0.353 e. The van der Waals surface area contributed by atoms with Crippen molar-refractivity contribution in [2.45, 2.75) is 39.7 Å². The standard InChI is InChI=1S/C27H32ClN5O/c1-19-23(18-20-10-12-22(28)13-11-20)25(30-24(29-19)21-8-6-5-7-9-21)32-14-16-33(17-15-32)26(34)31-27(2,3)4/h5-13H,14-18H2,1-4H3,(H,31,34). The lowest BCUT2D eigenvalue weighted by molar-refractivity contribution is 0.185. The van der Waals surface area contributed by atoms with Gasteiger partial charge in [0.2, 0.25) is 0 Å². The molecule has 0 unspecified atom stereocenters. The third-order valence-electron chi connectivity index (χ3n) is 5.87. The Hall–Kier alpha value is -3.12. The number of aromatic nitrogens is 2. The van der Waals surface area contributed by atoms with Crippen LogP contribution in [0.3, 0.4) is 0 Å². The fourth-order valence-corrected chi connectivity index (χ4v) is 4.22. The molecule has 4 rings (SSSR count). The zero-order valence-electron chi connectivity index (χ0n) is 20.3. The molecule has 1 saturated heterocycles. The van der Waals surface area contributed by atoms with Gasteiger partial charge in [-0.3, -0.25) is 0 Å². The summed E-state index contributed by atoms with van der Waals surface area (Å²) in [6.07, 6.45) is 0.720. The van der Waals surface area contributed by atoms with Crippen LogP contribution in [-0.4, -0.2) is 52.6 Å². The Morgan fingerprint density at radius 3 is 2.24 bits per heavy atom. The zero-order valence-corrected chi connectivity index (χ0v) is 21.1. The Morgan fingerprint density at radius 1 is 0.971 bits per heavy atom. The molecule has 6 nitrogen and oxygen atoms in total. The van der Waals surface area contributed by atoms with Crippen LogP contribution < -0.4 is 10.2 Å². The fraction of sp³-hybridized carbons (Fsp3) is 0.370. The molecule has 7 heteroatoms. The van der Waals surface area contributed by atoms with E-state index in [-0.39, 0.29) is 11.6 Å². The number of piperazine rings is 1. The number of hydrogen-bond donors (Lipinski definition) is 1. The second-order valence-corrected chi connectivity index (χ2v) is 10.2. The summed E-state index contributed by atoms with van der Waals surface area (Å²) in [4.78, 5) is 26.7. The van der Waals surface area contributed by atoms with E-state index in [1.807, 2.05) is 80.3 Å². The number of halogens is 1. The van der Waals surface area contributed by atoms with Gasteiger partial charge in [0.05, 0.1) is 0 Å². The van der Waals surface area contributed by atoms with E-state index in [0.29, 0.717) is 13.1 Å². The molecule has 2 aromatic carbocycles. The van der Waals surface area contributed by atoms with Crippen LogP contribution in [0.1, 0.15) is 37.6 Å². The highest BCUT2D eigenvalue weighted by Crippen LogP contribution is 2.28. The Balaban J connectivity index is 1.63. The molecule has 0 bridgehead atoms. The van der Waals surface area contributed by atoms with Gasteiger partial charge >= 0.3 is 6.03 Å². The highest BCUT2D eigenvalue weighted by molar-refractivity contribution is 6.30. The molecule has 0 spiro atoms. The van der Waals surface area contributed by atoms with Crippen molar-refractivity contribution >= 4 is 23.4 Å². The van der Waals surface area contributed by atoms with Crippen molar-refractivity contribution in [2.24, 2.45) is 0 Å². The van der Waals surface area contributed by atoms with Crippen LogP contribution in [0, 0.1) is 6.92 Å². The van der Waals surface area contributed by atoms with Crippen molar-refractivity contribution in [1.29, 1.82) is 0 Å². The fourth-order valence-electron chi connectivity index (χ4n) is 4.09. The number of nitrogens with one attached hydrogen (secondary N) is 1. The summed E-state index contributed by atoms with van der Waals surface area (Å²) >= 11 is 6.10. The molecule has 1 aliphatic rings. The van der Waals surface area contributed by atoms with E-state index in [1.54, 1.807) is 0 Å². The Bertz CT molecular complexity index is 1130. The Labute approximate surface area is 207 Å². The molecule has 1 N–H and O–H groups in total. The highest BCUT2D eigenvalue weighted by atomic mass is 35.5. The third-order valence-corrected chi connectivity index (χ3v) is 6.12. The third kappa shape index (κ3) is 5.86. The SMILES string of the molecule is Cc1nc(-c2ccccc2)nc(N2CCN(C(=O)NC(C)(C)C)CC2)c1Cc1ccc(Cl)cc1. The number of hydrogen-bond acceptors (Lipinski definition) is 4. The minimum absolute atomic E-state index is 0.0163. The lowest BCUT2D eigenvalue weighted by atomic mass is 10.0. The van der Waals surface area contributed by atoms with Crippen molar-refractivity contribution in [3.05, 3.63) is 76.4 Å². The van der Waals surface area contributed by atoms with E-state index in [9.17, 15) is 4.79 Å². The topological polar surface area (TPSA) is 61.4 Å². The molecule has 0 atom stereocenters. The monoisotopic (exact) mass is 477 g/mol. The average Bonchev–Trinajstić information content (AvgIpc) is 2.81. The van der Waals surface area contributed by atoms with E-state index < -0.39 is 0 Å². The van der Waals surface area contributed by atoms with Crippen LogP contribution in [0.15, 0.2) is 54.6 Å². The summed E-state index contributed by atoms with van der Waals surface area (Å²) in [6, 6.07) is 18.0. The van der Waals surface area contributed by atoms with Gasteiger partial charge in [-0.2, -0.15) is 0 Å². The number of rotatable bonds is 4. The first-order valence-corrected chi connectivity index (χ1v) is 12.1. The Kier molecular flexibility index (Phi) is 7.08. The lowest BCUT2D eigenvalue weighted by Gasteiger charge is -2.37. The number of urea groups is 1. The minimum atomic E-state index is -0.256. The summed E-state index contributed by atoms with van der Waals surface area (Å²) in [6.45, 7) is 10.8. The molecule has 0 radical (unpaired) electrons. The summed E-state index contributed by atoms with van der Waals surface area (Å²) in [5.41, 5.74) is 3.97. The van der Waals surface area contributed by atoms with Crippen molar-refractivity contribution in [2.75, 3.05) is 31.1 Å². The van der Waals surface area contributed by atoms with Gasteiger partial charge in [-0.1, -0.05) is 54.1 Å². The van der Waals surface area contributed by atoms with Gasteiger partial charge in [-0.15, -0.1) is 0 Å². The van der Waals surface area contributed by atoms with Gasteiger partial charge in [0.15, 0.2) is 5.82 Å². The van der Waals surface area contributed by atoms with Gasteiger partial charge in [-0.05, 0) is 45.4 Å². The molecule has 2 heterocycles. The molecule has 3 aromatic rings. The van der Waals surface area contributed by atoms with Gasteiger partial charge in [0.25, 0.3) is 0 Å². The normalized spacial score (nSPS) is 14.3. The van der Waals surface area contributed by atoms with Crippen LogP contribution in [0.25, 0.3) is 11.4 Å².